The van der Waals surface area contributed by atoms with Crippen molar-refractivity contribution in [1.29, 1.82) is 0 Å². The van der Waals surface area contributed by atoms with Gasteiger partial charge < -0.3 is 14.7 Å². The SMILES string of the molecule is O=C(O)c1nccnc1N1CCC2(C=Cc3ccccc3O2)CC1. The monoisotopic (exact) mass is 323 g/mol. The van der Waals surface area contributed by atoms with Crippen LogP contribution >= 0.6 is 0 Å². The van der Waals surface area contributed by atoms with E-state index in [2.05, 4.69) is 22.1 Å². The van der Waals surface area contributed by atoms with E-state index in [1.54, 1.807) is 0 Å². The first-order valence-corrected chi connectivity index (χ1v) is 7.93. The molecule has 0 amide bonds. The molecule has 2 aliphatic heterocycles. The van der Waals surface area contributed by atoms with E-state index in [0.29, 0.717) is 18.9 Å². The minimum atomic E-state index is -1.05. The molecule has 1 N–H and O–H groups in total. The summed E-state index contributed by atoms with van der Waals surface area (Å²) in [5, 5.41) is 9.28. The van der Waals surface area contributed by atoms with Crippen molar-refractivity contribution in [2.75, 3.05) is 18.0 Å². The van der Waals surface area contributed by atoms with Crippen molar-refractivity contribution < 1.29 is 14.6 Å². The lowest BCUT2D eigenvalue weighted by Gasteiger charge is -2.42. The van der Waals surface area contributed by atoms with Gasteiger partial charge in [-0.3, -0.25) is 0 Å². The average Bonchev–Trinajstić information content (AvgIpc) is 2.62. The number of aromatic carboxylic acids is 1. The second-order valence-corrected chi connectivity index (χ2v) is 6.06. The minimum absolute atomic E-state index is 0.00102. The Morgan fingerprint density at radius 2 is 1.92 bits per heavy atom. The predicted octanol–water partition coefficient (Wildman–Crippen LogP) is 2.62. The van der Waals surface area contributed by atoms with E-state index in [9.17, 15) is 9.90 Å². The van der Waals surface area contributed by atoms with Crippen molar-refractivity contribution in [2.24, 2.45) is 0 Å². The molecule has 0 saturated carbocycles. The molecule has 1 aromatic carbocycles. The highest BCUT2D eigenvalue weighted by atomic mass is 16.5. The normalized spacial score (nSPS) is 18.1. The van der Waals surface area contributed by atoms with Crippen LogP contribution in [0.5, 0.6) is 5.75 Å². The van der Waals surface area contributed by atoms with Gasteiger partial charge in [0.2, 0.25) is 0 Å². The quantitative estimate of drug-likeness (QED) is 0.915. The molecule has 2 aliphatic rings. The van der Waals surface area contributed by atoms with Crippen molar-refractivity contribution >= 4 is 17.9 Å². The number of ether oxygens (including phenoxy) is 1. The Hall–Kier alpha value is -2.89. The highest BCUT2D eigenvalue weighted by molar-refractivity contribution is 5.90. The van der Waals surface area contributed by atoms with Gasteiger partial charge in [-0.2, -0.15) is 0 Å². The van der Waals surface area contributed by atoms with Crippen LogP contribution in [0.3, 0.4) is 0 Å². The van der Waals surface area contributed by atoms with E-state index < -0.39 is 5.97 Å². The van der Waals surface area contributed by atoms with Crippen LogP contribution < -0.4 is 9.64 Å². The van der Waals surface area contributed by atoms with Crippen LogP contribution in [0.15, 0.2) is 42.7 Å². The molecule has 6 nitrogen and oxygen atoms in total. The van der Waals surface area contributed by atoms with Gasteiger partial charge in [-0.05, 0) is 12.1 Å². The number of fused-ring (bicyclic) bond motifs is 1. The third kappa shape index (κ3) is 2.50. The van der Waals surface area contributed by atoms with Crippen molar-refractivity contribution in [2.45, 2.75) is 18.4 Å². The number of anilines is 1. The number of carboxylic acid groups (broad SMARTS) is 1. The molecule has 24 heavy (non-hydrogen) atoms. The van der Waals surface area contributed by atoms with Gasteiger partial charge in [0.05, 0.1) is 0 Å². The van der Waals surface area contributed by atoms with Gasteiger partial charge >= 0.3 is 5.97 Å². The molecule has 0 radical (unpaired) electrons. The maximum Gasteiger partial charge on any atom is 0.358 e. The summed E-state index contributed by atoms with van der Waals surface area (Å²) in [6, 6.07) is 7.98. The number of carbonyl (C=O) groups is 1. The molecule has 0 unspecified atom stereocenters. The van der Waals surface area contributed by atoms with Crippen molar-refractivity contribution in [1.82, 2.24) is 9.97 Å². The summed E-state index contributed by atoms with van der Waals surface area (Å²) in [6.07, 6.45) is 8.71. The van der Waals surface area contributed by atoms with Gasteiger partial charge in [-0.15, -0.1) is 0 Å². The minimum Gasteiger partial charge on any atom is -0.482 e. The van der Waals surface area contributed by atoms with Crippen molar-refractivity contribution in [3.05, 3.63) is 54.0 Å². The number of hydrogen-bond acceptors (Lipinski definition) is 5. The van der Waals surface area contributed by atoms with E-state index in [1.807, 2.05) is 29.2 Å². The number of aromatic nitrogens is 2. The molecule has 1 aromatic heterocycles. The molecule has 1 saturated heterocycles. The van der Waals surface area contributed by atoms with Gasteiger partial charge in [0.1, 0.15) is 11.4 Å². The summed E-state index contributed by atoms with van der Waals surface area (Å²) < 4.78 is 6.26. The number of rotatable bonds is 2. The number of nitrogens with zero attached hydrogens (tertiary/aromatic N) is 3. The van der Waals surface area contributed by atoms with E-state index in [0.717, 1.165) is 24.2 Å². The molecule has 1 spiro atoms. The molecular formula is C18H17N3O3. The van der Waals surface area contributed by atoms with Crippen LogP contribution in [0.2, 0.25) is 0 Å². The summed E-state index contributed by atoms with van der Waals surface area (Å²) in [5.41, 5.74) is 0.766. The summed E-state index contributed by atoms with van der Waals surface area (Å²) in [4.78, 5) is 21.5. The van der Waals surface area contributed by atoms with Gasteiger partial charge in [0, 0.05) is 43.9 Å². The number of piperidine rings is 1. The van der Waals surface area contributed by atoms with Crippen LogP contribution in [0.4, 0.5) is 5.82 Å². The maximum absolute atomic E-state index is 11.3. The van der Waals surface area contributed by atoms with Gasteiger partial charge in [0.25, 0.3) is 0 Å². The number of benzene rings is 1. The fourth-order valence-electron chi connectivity index (χ4n) is 3.28. The predicted molar refractivity (Wildman–Crippen MR) is 89.3 cm³/mol. The first kappa shape index (κ1) is 14.7. The van der Waals surface area contributed by atoms with Crippen LogP contribution in [0.1, 0.15) is 28.9 Å². The smallest absolute Gasteiger partial charge is 0.358 e. The Kier molecular flexibility index (Phi) is 3.45. The van der Waals surface area contributed by atoms with E-state index in [-0.39, 0.29) is 11.3 Å². The highest BCUT2D eigenvalue weighted by Gasteiger charge is 2.37. The Morgan fingerprint density at radius 1 is 1.17 bits per heavy atom. The Labute approximate surface area is 139 Å². The highest BCUT2D eigenvalue weighted by Crippen LogP contribution is 2.37. The summed E-state index contributed by atoms with van der Waals surface area (Å²) in [7, 11) is 0. The van der Waals surface area contributed by atoms with Crippen LogP contribution in [0, 0.1) is 0 Å². The van der Waals surface area contributed by atoms with Crippen molar-refractivity contribution in [3.63, 3.8) is 0 Å². The lowest BCUT2D eigenvalue weighted by atomic mass is 9.88. The topological polar surface area (TPSA) is 75.5 Å². The zero-order chi connectivity index (χ0) is 16.6. The molecule has 122 valence electrons. The molecule has 0 atom stereocenters. The molecule has 3 heterocycles. The third-order valence-corrected chi connectivity index (χ3v) is 4.59. The number of para-hydroxylation sites is 1. The lowest BCUT2D eigenvalue weighted by Crippen LogP contribution is -2.48. The van der Waals surface area contributed by atoms with Gasteiger partial charge in [-0.1, -0.05) is 24.3 Å². The third-order valence-electron chi connectivity index (χ3n) is 4.59. The zero-order valence-electron chi connectivity index (χ0n) is 13.1. The zero-order valence-corrected chi connectivity index (χ0v) is 13.1. The van der Waals surface area contributed by atoms with Crippen LogP contribution in [-0.4, -0.2) is 39.7 Å². The van der Waals surface area contributed by atoms with Crippen molar-refractivity contribution in [3.8, 4) is 5.75 Å². The molecule has 1 fully saturated rings. The number of hydrogen-bond donors (Lipinski definition) is 1. The second-order valence-electron chi connectivity index (χ2n) is 6.06. The van der Waals surface area contributed by atoms with Crippen LogP contribution in [-0.2, 0) is 0 Å². The molecule has 2 aromatic rings. The Bertz CT molecular complexity index is 811. The van der Waals surface area contributed by atoms with E-state index in [1.165, 1.54) is 12.4 Å². The van der Waals surface area contributed by atoms with Gasteiger partial charge in [0.15, 0.2) is 11.5 Å². The first-order valence-electron chi connectivity index (χ1n) is 7.93. The standard InChI is InChI=1S/C18H17N3O3/c22-17(23)15-16(20-10-9-19-15)21-11-7-18(8-12-21)6-5-13-3-1-2-4-14(13)24-18/h1-6,9-10H,7-8,11-12H2,(H,22,23). The first-order chi connectivity index (χ1) is 11.7. The molecule has 4 rings (SSSR count). The Balaban J connectivity index is 1.54. The fourth-order valence-corrected chi connectivity index (χ4v) is 3.28. The van der Waals surface area contributed by atoms with Gasteiger partial charge in [-0.25, -0.2) is 14.8 Å². The molecule has 0 bridgehead atoms. The maximum atomic E-state index is 11.3. The van der Waals surface area contributed by atoms with E-state index in [4.69, 9.17) is 4.74 Å². The summed E-state index contributed by atoms with van der Waals surface area (Å²) in [6.45, 7) is 1.34. The second kappa shape index (κ2) is 5.63. The van der Waals surface area contributed by atoms with E-state index >= 15 is 0 Å². The number of carboxylic acids is 1. The molecular weight excluding hydrogens is 306 g/mol. The fraction of sp³-hybridized carbons (Fsp3) is 0.278. The van der Waals surface area contributed by atoms with Crippen LogP contribution in [0.25, 0.3) is 6.08 Å². The summed E-state index contributed by atoms with van der Waals surface area (Å²) in [5.74, 6) is 0.278. The summed E-state index contributed by atoms with van der Waals surface area (Å²) >= 11 is 0. The Morgan fingerprint density at radius 3 is 2.71 bits per heavy atom. The largest absolute Gasteiger partial charge is 0.482 e. The molecule has 0 aliphatic carbocycles. The lowest BCUT2D eigenvalue weighted by molar-refractivity contribution is 0.0690. The molecule has 6 heteroatoms. The average molecular weight is 323 g/mol.